The van der Waals surface area contributed by atoms with Gasteiger partial charge in [-0.3, -0.25) is 4.79 Å². The van der Waals surface area contributed by atoms with Crippen LogP contribution in [0, 0.1) is 0 Å². The quantitative estimate of drug-likeness (QED) is 0.693. The molecule has 0 amide bonds. The smallest absolute Gasteiger partial charge is 0.291 e. The number of hydrogen-bond acceptors (Lipinski definition) is 6. The summed E-state index contributed by atoms with van der Waals surface area (Å²) in [5.41, 5.74) is -0.110. The number of thiophene rings is 1. The fourth-order valence-corrected chi connectivity index (χ4v) is 4.79. The molecule has 0 saturated carbocycles. The molecular weight excluding hydrogens is 292 g/mol. The summed E-state index contributed by atoms with van der Waals surface area (Å²) in [5.74, 6) is 0. The van der Waals surface area contributed by atoms with Gasteiger partial charge in [0.15, 0.2) is 5.13 Å². The Morgan fingerprint density at radius 2 is 1.90 bits per heavy atom. The molecule has 102 valence electrons. The van der Waals surface area contributed by atoms with E-state index < -0.39 is 0 Å². The molecule has 1 aromatic carbocycles. The van der Waals surface area contributed by atoms with Crippen molar-refractivity contribution < 1.29 is 4.74 Å². The molecule has 20 heavy (non-hydrogen) atoms. The second kappa shape index (κ2) is 4.80. The van der Waals surface area contributed by atoms with Crippen LogP contribution in [0.25, 0.3) is 19.5 Å². The second-order valence-electron chi connectivity index (χ2n) is 4.66. The van der Waals surface area contributed by atoms with Crippen LogP contribution in [0.1, 0.15) is 0 Å². The molecule has 0 unspecified atom stereocenters. The topological polar surface area (TPSA) is 42.4 Å². The summed E-state index contributed by atoms with van der Waals surface area (Å²) in [5, 5.41) is 1.97. The van der Waals surface area contributed by atoms with E-state index in [1.807, 2.05) is 12.1 Å². The van der Waals surface area contributed by atoms with Crippen LogP contribution < -0.4 is 10.5 Å². The molecule has 4 nitrogen and oxygen atoms in total. The highest BCUT2D eigenvalue weighted by atomic mass is 32.1. The number of morpholine rings is 1. The number of aromatic nitrogens is 1. The van der Waals surface area contributed by atoms with Gasteiger partial charge in [0.1, 0.15) is 4.70 Å². The van der Waals surface area contributed by atoms with Gasteiger partial charge in [0.25, 0.3) is 5.56 Å². The molecule has 3 aromatic rings. The van der Waals surface area contributed by atoms with E-state index in [0.717, 1.165) is 37.7 Å². The highest BCUT2D eigenvalue weighted by Gasteiger charge is 2.17. The third kappa shape index (κ3) is 1.91. The summed E-state index contributed by atoms with van der Waals surface area (Å²) in [6.45, 7) is 3.00. The maximum Gasteiger partial charge on any atom is 0.291 e. The second-order valence-corrected chi connectivity index (χ2v) is 6.69. The molecule has 0 atom stereocenters. The minimum absolute atomic E-state index is 0.110. The molecule has 1 fully saturated rings. The van der Waals surface area contributed by atoms with Crippen LogP contribution >= 0.6 is 22.7 Å². The van der Waals surface area contributed by atoms with Crippen LogP contribution in [0.4, 0.5) is 5.13 Å². The zero-order valence-corrected chi connectivity index (χ0v) is 12.3. The summed E-state index contributed by atoms with van der Waals surface area (Å²) in [6, 6.07) is 8.15. The Morgan fingerprint density at radius 1 is 1.10 bits per heavy atom. The van der Waals surface area contributed by atoms with Crippen molar-refractivity contribution in [3.8, 4) is 0 Å². The van der Waals surface area contributed by atoms with Crippen LogP contribution in [0.15, 0.2) is 29.1 Å². The van der Waals surface area contributed by atoms with Gasteiger partial charge in [-0.1, -0.05) is 29.5 Å². The molecule has 1 saturated heterocycles. The largest absolute Gasteiger partial charge is 0.378 e. The lowest BCUT2D eigenvalue weighted by atomic mass is 10.2. The zero-order chi connectivity index (χ0) is 13.5. The maximum absolute atomic E-state index is 12.3. The Hall–Kier alpha value is -1.50. The Kier molecular flexibility index (Phi) is 2.94. The monoisotopic (exact) mass is 304 g/mol. The van der Waals surface area contributed by atoms with Crippen molar-refractivity contribution in [2.45, 2.75) is 0 Å². The molecule has 0 bridgehead atoms. The molecule has 4 rings (SSSR count). The van der Waals surface area contributed by atoms with Crippen LogP contribution in [0.2, 0.25) is 0 Å². The Bertz CT molecular complexity index is 834. The van der Waals surface area contributed by atoms with Crippen LogP contribution in [-0.4, -0.2) is 31.3 Å². The van der Waals surface area contributed by atoms with Gasteiger partial charge < -0.3 is 9.64 Å². The molecule has 1 aliphatic heterocycles. The van der Waals surface area contributed by atoms with Gasteiger partial charge >= 0.3 is 0 Å². The number of hydrogen-bond donors (Lipinski definition) is 0. The SMILES string of the molecule is O=c1nc(N2CCOCC2)sc2c1sc1ccccc12. The Morgan fingerprint density at radius 3 is 2.75 bits per heavy atom. The van der Waals surface area contributed by atoms with E-state index in [-0.39, 0.29) is 5.56 Å². The van der Waals surface area contributed by atoms with Crippen molar-refractivity contribution in [1.82, 2.24) is 4.98 Å². The van der Waals surface area contributed by atoms with Gasteiger partial charge in [-0.15, -0.1) is 11.3 Å². The predicted octanol–water partition coefficient (Wildman–Crippen LogP) is 2.71. The Labute approximate surface area is 123 Å². The lowest BCUT2D eigenvalue weighted by Crippen LogP contribution is -2.37. The first-order valence-corrected chi connectivity index (χ1v) is 8.11. The van der Waals surface area contributed by atoms with Crippen molar-refractivity contribution in [2.75, 3.05) is 31.2 Å². The molecule has 3 heterocycles. The van der Waals surface area contributed by atoms with Crippen molar-refractivity contribution in [3.05, 3.63) is 34.6 Å². The molecule has 6 heteroatoms. The first-order chi connectivity index (χ1) is 9.83. The van der Waals surface area contributed by atoms with Gasteiger partial charge in [0, 0.05) is 23.2 Å². The summed E-state index contributed by atoms with van der Waals surface area (Å²) >= 11 is 3.15. The highest BCUT2D eigenvalue weighted by Crippen LogP contribution is 2.36. The number of ether oxygens (including phenoxy) is 1. The number of benzene rings is 1. The zero-order valence-electron chi connectivity index (χ0n) is 10.7. The van der Waals surface area contributed by atoms with Crippen LogP contribution in [0.5, 0.6) is 0 Å². The van der Waals surface area contributed by atoms with Gasteiger partial charge in [0.05, 0.1) is 17.9 Å². The van der Waals surface area contributed by atoms with Crippen molar-refractivity contribution in [2.24, 2.45) is 0 Å². The number of anilines is 1. The van der Waals surface area contributed by atoms with Gasteiger partial charge in [-0.25, -0.2) is 0 Å². The standard InChI is InChI=1S/C14H12N2O2S2/c17-13-12-11(9-3-1-2-4-10(9)19-12)20-14(15-13)16-5-7-18-8-6-16/h1-4H,5-8H2. The molecule has 0 aliphatic carbocycles. The highest BCUT2D eigenvalue weighted by molar-refractivity contribution is 7.32. The third-order valence-electron chi connectivity index (χ3n) is 3.42. The van der Waals surface area contributed by atoms with Crippen molar-refractivity contribution >= 4 is 47.3 Å². The van der Waals surface area contributed by atoms with E-state index in [4.69, 9.17) is 4.74 Å². The summed E-state index contributed by atoms with van der Waals surface area (Å²) in [4.78, 5) is 18.7. The van der Waals surface area contributed by atoms with Gasteiger partial charge in [-0.05, 0) is 6.07 Å². The van der Waals surface area contributed by atoms with Gasteiger partial charge in [-0.2, -0.15) is 4.98 Å². The lowest BCUT2D eigenvalue weighted by Gasteiger charge is -2.26. The molecule has 0 spiro atoms. The fourth-order valence-electron chi connectivity index (χ4n) is 2.41. The third-order valence-corrected chi connectivity index (χ3v) is 5.86. The minimum atomic E-state index is -0.110. The van der Waals surface area contributed by atoms with E-state index in [9.17, 15) is 4.79 Å². The summed E-state index contributed by atoms with van der Waals surface area (Å²) in [7, 11) is 0. The van der Waals surface area contributed by atoms with E-state index >= 15 is 0 Å². The van der Waals surface area contributed by atoms with E-state index in [1.54, 1.807) is 11.3 Å². The molecule has 1 aliphatic rings. The summed E-state index contributed by atoms with van der Waals surface area (Å²) in [6.07, 6.45) is 0. The lowest BCUT2D eigenvalue weighted by molar-refractivity contribution is 0.122. The van der Waals surface area contributed by atoms with Crippen LogP contribution in [0.3, 0.4) is 0 Å². The van der Waals surface area contributed by atoms with Crippen LogP contribution in [-0.2, 0) is 4.74 Å². The summed E-state index contributed by atoms with van der Waals surface area (Å²) < 4.78 is 8.34. The van der Waals surface area contributed by atoms with E-state index in [2.05, 4.69) is 22.0 Å². The van der Waals surface area contributed by atoms with Crippen molar-refractivity contribution in [3.63, 3.8) is 0 Å². The number of fused-ring (bicyclic) bond motifs is 3. The number of nitrogens with zero attached hydrogens (tertiary/aromatic N) is 2. The number of rotatable bonds is 1. The van der Waals surface area contributed by atoms with E-state index in [1.165, 1.54) is 11.3 Å². The first kappa shape index (κ1) is 12.3. The minimum Gasteiger partial charge on any atom is -0.378 e. The van der Waals surface area contributed by atoms with Crippen molar-refractivity contribution in [1.29, 1.82) is 0 Å². The molecular formula is C14H12N2O2S2. The normalized spacial score (nSPS) is 16.1. The first-order valence-electron chi connectivity index (χ1n) is 6.48. The predicted molar refractivity (Wildman–Crippen MR) is 84.3 cm³/mol. The average molecular weight is 304 g/mol. The maximum atomic E-state index is 12.3. The molecule has 2 aromatic heterocycles. The molecule has 0 radical (unpaired) electrons. The van der Waals surface area contributed by atoms with E-state index in [0.29, 0.717) is 13.2 Å². The molecule has 0 N–H and O–H groups in total. The van der Waals surface area contributed by atoms with Gasteiger partial charge in [0.2, 0.25) is 0 Å². The fraction of sp³-hybridized carbons (Fsp3) is 0.286. The Balaban J connectivity index is 1.95. The average Bonchev–Trinajstić information content (AvgIpc) is 2.88.